The van der Waals surface area contributed by atoms with E-state index in [1.807, 2.05) is 60.0 Å². The van der Waals surface area contributed by atoms with E-state index in [1.165, 1.54) is 17.4 Å². The number of benzene rings is 3. The van der Waals surface area contributed by atoms with Gasteiger partial charge in [0, 0.05) is 17.0 Å². The molecule has 0 spiro atoms. The fourth-order valence-electron chi connectivity index (χ4n) is 2.66. The van der Waals surface area contributed by atoms with Gasteiger partial charge in [0.15, 0.2) is 11.6 Å². The van der Waals surface area contributed by atoms with Gasteiger partial charge in [-0.15, -0.1) is 11.3 Å². The fourth-order valence-corrected chi connectivity index (χ4v) is 3.33. The topological polar surface area (TPSA) is 46.5 Å². The van der Waals surface area contributed by atoms with E-state index in [-0.39, 0.29) is 12.4 Å². The summed E-state index contributed by atoms with van der Waals surface area (Å²) >= 11 is 1.49. The Labute approximate surface area is 176 Å². The second kappa shape index (κ2) is 9.28. The van der Waals surface area contributed by atoms with Gasteiger partial charge < -0.3 is 4.74 Å². The second-order valence-corrected chi connectivity index (χ2v) is 7.24. The van der Waals surface area contributed by atoms with Crippen LogP contribution in [0.3, 0.4) is 0 Å². The van der Waals surface area contributed by atoms with E-state index in [4.69, 9.17) is 4.74 Å². The van der Waals surface area contributed by atoms with Crippen molar-refractivity contribution in [3.8, 4) is 17.0 Å². The smallest absolute Gasteiger partial charge is 0.203 e. The lowest BCUT2D eigenvalue weighted by atomic mass is 10.1. The molecular weight excluding hydrogens is 404 g/mol. The Balaban J connectivity index is 1.30. The first-order chi connectivity index (χ1) is 14.7. The molecule has 4 aromatic rings. The number of halogens is 2. The molecule has 30 heavy (non-hydrogen) atoms. The molecular formula is C23H17F2N3OS. The van der Waals surface area contributed by atoms with Crippen molar-refractivity contribution in [3.63, 3.8) is 0 Å². The van der Waals surface area contributed by atoms with Crippen LogP contribution in [0.4, 0.5) is 13.9 Å². The quantitative estimate of drug-likeness (QED) is 0.289. The lowest BCUT2D eigenvalue weighted by Gasteiger charge is -2.07. The molecule has 7 heteroatoms. The molecule has 0 unspecified atom stereocenters. The number of nitrogens with one attached hydrogen (secondary N) is 1. The predicted molar refractivity (Wildman–Crippen MR) is 116 cm³/mol. The maximum atomic E-state index is 13.2. The number of hydrogen-bond acceptors (Lipinski definition) is 5. The van der Waals surface area contributed by atoms with Gasteiger partial charge in [-0.05, 0) is 23.3 Å². The summed E-state index contributed by atoms with van der Waals surface area (Å²) < 4.78 is 31.6. The summed E-state index contributed by atoms with van der Waals surface area (Å²) in [4.78, 5) is 4.52. The molecule has 0 aliphatic heterocycles. The molecule has 3 aromatic carbocycles. The molecule has 1 heterocycles. The molecule has 1 aromatic heterocycles. The monoisotopic (exact) mass is 421 g/mol. The van der Waals surface area contributed by atoms with Gasteiger partial charge >= 0.3 is 0 Å². The summed E-state index contributed by atoms with van der Waals surface area (Å²) in [7, 11) is 0. The highest BCUT2D eigenvalue weighted by Crippen LogP contribution is 2.24. The van der Waals surface area contributed by atoms with Crippen molar-refractivity contribution in [3.05, 3.63) is 101 Å². The third kappa shape index (κ3) is 5.07. The summed E-state index contributed by atoms with van der Waals surface area (Å²) in [6.07, 6.45) is 1.70. The Morgan fingerprint density at radius 3 is 2.53 bits per heavy atom. The van der Waals surface area contributed by atoms with E-state index >= 15 is 0 Å². The van der Waals surface area contributed by atoms with Crippen molar-refractivity contribution < 1.29 is 13.5 Å². The minimum Gasteiger partial charge on any atom is -0.489 e. The highest BCUT2D eigenvalue weighted by atomic mass is 32.1. The van der Waals surface area contributed by atoms with Crippen LogP contribution < -0.4 is 10.2 Å². The van der Waals surface area contributed by atoms with Crippen LogP contribution >= 0.6 is 11.3 Å². The number of aromatic nitrogens is 1. The van der Waals surface area contributed by atoms with Gasteiger partial charge in [-0.2, -0.15) is 5.10 Å². The second-order valence-electron chi connectivity index (χ2n) is 6.38. The fraction of sp³-hybridized carbons (Fsp3) is 0.0435. The van der Waals surface area contributed by atoms with Gasteiger partial charge in [-0.25, -0.2) is 13.8 Å². The molecule has 0 atom stereocenters. The zero-order valence-electron chi connectivity index (χ0n) is 15.8. The minimum atomic E-state index is -0.928. The zero-order chi connectivity index (χ0) is 20.8. The van der Waals surface area contributed by atoms with Crippen molar-refractivity contribution in [2.24, 2.45) is 5.10 Å². The van der Waals surface area contributed by atoms with Crippen LogP contribution in [0.15, 0.2) is 83.3 Å². The van der Waals surface area contributed by atoms with Gasteiger partial charge in [-0.3, -0.25) is 5.43 Å². The number of anilines is 1. The van der Waals surface area contributed by atoms with E-state index in [0.29, 0.717) is 5.13 Å². The third-order valence-corrected chi connectivity index (χ3v) is 4.97. The molecule has 0 bridgehead atoms. The normalized spacial score (nSPS) is 11.0. The van der Waals surface area contributed by atoms with Crippen molar-refractivity contribution >= 4 is 22.7 Å². The van der Waals surface area contributed by atoms with Crippen molar-refractivity contribution in [2.45, 2.75) is 6.61 Å². The lowest BCUT2D eigenvalue weighted by molar-refractivity contribution is 0.303. The average molecular weight is 421 g/mol. The SMILES string of the molecule is Fc1ccc(OCc2ccc(C=NNc3nc(-c4ccccc4)cs3)cc2)cc1F. The van der Waals surface area contributed by atoms with E-state index < -0.39 is 11.6 Å². The van der Waals surface area contributed by atoms with Crippen LogP contribution in [-0.4, -0.2) is 11.2 Å². The third-order valence-electron chi connectivity index (χ3n) is 4.22. The molecule has 0 aliphatic carbocycles. The van der Waals surface area contributed by atoms with Crippen LogP contribution in [0.1, 0.15) is 11.1 Å². The maximum Gasteiger partial charge on any atom is 0.203 e. The van der Waals surface area contributed by atoms with E-state index in [2.05, 4.69) is 15.5 Å². The van der Waals surface area contributed by atoms with E-state index in [1.54, 1.807) is 6.21 Å². The van der Waals surface area contributed by atoms with Crippen molar-refractivity contribution in [1.82, 2.24) is 4.98 Å². The van der Waals surface area contributed by atoms with E-state index in [9.17, 15) is 8.78 Å². The van der Waals surface area contributed by atoms with Crippen molar-refractivity contribution in [2.75, 3.05) is 5.43 Å². The van der Waals surface area contributed by atoms with E-state index in [0.717, 1.165) is 34.5 Å². The molecule has 0 amide bonds. The largest absolute Gasteiger partial charge is 0.489 e. The Bertz CT molecular complexity index is 1140. The first-order valence-corrected chi connectivity index (χ1v) is 10.0. The number of rotatable bonds is 7. The molecule has 0 saturated heterocycles. The maximum absolute atomic E-state index is 13.2. The summed E-state index contributed by atoms with van der Waals surface area (Å²) in [5.74, 6) is -1.54. The van der Waals surface area contributed by atoms with Crippen LogP contribution in [0.2, 0.25) is 0 Å². The predicted octanol–water partition coefficient (Wildman–Crippen LogP) is 6.11. The number of ether oxygens (including phenoxy) is 1. The number of thiazole rings is 1. The van der Waals surface area contributed by atoms with Gasteiger partial charge in [0.25, 0.3) is 0 Å². The molecule has 0 aliphatic rings. The molecule has 150 valence electrons. The summed E-state index contributed by atoms with van der Waals surface area (Å²) in [6.45, 7) is 0.252. The van der Waals surface area contributed by atoms with Gasteiger partial charge in [0.05, 0.1) is 11.9 Å². The summed E-state index contributed by atoms with van der Waals surface area (Å²) in [5.41, 5.74) is 6.71. The van der Waals surface area contributed by atoms with Crippen LogP contribution in [0, 0.1) is 11.6 Å². The standard InChI is InChI=1S/C23H17F2N3OS/c24-20-11-10-19(12-21(20)25)29-14-17-8-6-16(7-9-17)13-26-28-23-27-22(15-30-23)18-4-2-1-3-5-18/h1-13,15H,14H2,(H,27,28). The molecule has 0 saturated carbocycles. The summed E-state index contributed by atoms with van der Waals surface area (Å²) in [6, 6.07) is 21.0. The van der Waals surface area contributed by atoms with Crippen LogP contribution in [0.25, 0.3) is 11.3 Å². The molecule has 4 rings (SSSR count). The summed E-state index contributed by atoms with van der Waals surface area (Å²) in [5, 5.41) is 6.92. The Morgan fingerprint density at radius 1 is 0.967 bits per heavy atom. The highest BCUT2D eigenvalue weighted by Gasteiger charge is 2.04. The average Bonchev–Trinajstić information content (AvgIpc) is 3.25. The van der Waals surface area contributed by atoms with Crippen molar-refractivity contribution in [1.29, 1.82) is 0 Å². The molecule has 4 nitrogen and oxygen atoms in total. The van der Waals surface area contributed by atoms with Crippen LogP contribution in [0.5, 0.6) is 5.75 Å². The first-order valence-electron chi connectivity index (χ1n) is 9.14. The number of nitrogens with zero attached hydrogens (tertiary/aromatic N) is 2. The molecule has 1 N–H and O–H groups in total. The van der Waals surface area contributed by atoms with Crippen LogP contribution in [-0.2, 0) is 6.61 Å². The Morgan fingerprint density at radius 2 is 1.77 bits per heavy atom. The molecule has 0 fully saturated rings. The highest BCUT2D eigenvalue weighted by molar-refractivity contribution is 7.14. The Hall–Kier alpha value is -3.58. The van der Waals surface area contributed by atoms with Gasteiger partial charge in [0.1, 0.15) is 12.4 Å². The number of hydrazone groups is 1. The number of hydrogen-bond donors (Lipinski definition) is 1. The molecule has 0 radical (unpaired) electrons. The van der Waals surface area contributed by atoms with Gasteiger partial charge in [0.2, 0.25) is 5.13 Å². The van der Waals surface area contributed by atoms with Gasteiger partial charge in [-0.1, -0.05) is 54.6 Å². The Kier molecular flexibility index (Phi) is 6.10. The first kappa shape index (κ1) is 19.7. The lowest BCUT2D eigenvalue weighted by Crippen LogP contribution is -1.97. The zero-order valence-corrected chi connectivity index (χ0v) is 16.6. The minimum absolute atomic E-state index is 0.252.